The fourth-order valence-corrected chi connectivity index (χ4v) is 5.32. The molecule has 0 spiro atoms. The van der Waals surface area contributed by atoms with Gasteiger partial charge in [-0.15, -0.1) is 26.3 Å². The van der Waals surface area contributed by atoms with Gasteiger partial charge in [0.1, 0.15) is 35.6 Å². The van der Waals surface area contributed by atoms with Crippen LogP contribution >= 0.6 is 0 Å². The van der Waals surface area contributed by atoms with Crippen molar-refractivity contribution >= 4 is 11.9 Å². The quantitative estimate of drug-likeness (QED) is 0.0760. The van der Waals surface area contributed by atoms with Crippen LogP contribution < -0.4 is 39.0 Å². The van der Waals surface area contributed by atoms with Crippen LogP contribution in [-0.2, 0) is 11.3 Å². The number of alkyl halides is 6. The molecule has 61 heavy (non-hydrogen) atoms. The van der Waals surface area contributed by atoms with E-state index >= 15 is 0 Å². The number of nitrogens with zero attached hydrogens (tertiary/aromatic N) is 6. The predicted molar refractivity (Wildman–Crippen MR) is 188 cm³/mol. The van der Waals surface area contributed by atoms with Gasteiger partial charge in [-0.25, -0.2) is 39.6 Å². The fraction of sp³-hybridized carbons (Fsp3) is 0.0769. The number of esters is 1. The van der Waals surface area contributed by atoms with Crippen LogP contribution in [0.1, 0.15) is 26.5 Å². The molecule has 0 unspecified atom stereocenters. The second kappa shape index (κ2) is 19.1. The Bertz CT molecular complexity index is 2640. The Morgan fingerprint density at radius 3 is 1.72 bits per heavy atom. The van der Waals surface area contributed by atoms with E-state index in [0.29, 0.717) is 17.8 Å². The zero-order valence-corrected chi connectivity index (χ0v) is 32.8. The van der Waals surface area contributed by atoms with Gasteiger partial charge >= 0.3 is 54.2 Å². The number of hydrogen-bond donors (Lipinski definition) is 1. The predicted octanol–water partition coefficient (Wildman–Crippen LogP) is 5.94. The molecular formula is C39H22F9N6NaO6. The number of halogens is 9. The van der Waals surface area contributed by atoms with Gasteiger partial charge in [-0.1, -0.05) is 42.2 Å². The van der Waals surface area contributed by atoms with Gasteiger partial charge in [0.05, 0.1) is 29.5 Å². The van der Waals surface area contributed by atoms with Gasteiger partial charge in [0.2, 0.25) is 0 Å². The van der Waals surface area contributed by atoms with Gasteiger partial charge in [0.15, 0.2) is 11.4 Å². The fourth-order valence-electron chi connectivity index (χ4n) is 5.32. The Morgan fingerprint density at radius 1 is 0.656 bits per heavy atom. The molecule has 1 N–H and O–H groups in total. The van der Waals surface area contributed by atoms with Crippen molar-refractivity contribution in [2.75, 3.05) is 0 Å². The SMILES string of the molecule is O=C(O)c1cc(-c2cc(F)cc(OC(F)(F)F)c2)n(-c2cncc(F)c2)n1.O=C(OCc1ccccc1)c1cc(-c2cc(F)cc(OC(F)(F)F)c2)n(-c2c[c-]cnc2)n1.[Na+]. The summed E-state index contributed by atoms with van der Waals surface area (Å²) in [6.45, 7) is -0.00786. The number of rotatable bonds is 10. The molecule has 0 saturated carbocycles. The molecule has 0 aliphatic rings. The van der Waals surface area contributed by atoms with E-state index in [1.165, 1.54) is 29.2 Å². The van der Waals surface area contributed by atoms with Gasteiger partial charge in [-0.05, 0) is 48.2 Å². The molecule has 4 heterocycles. The van der Waals surface area contributed by atoms with Gasteiger partial charge in [0.25, 0.3) is 0 Å². The van der Waals surface area contributed by atoms with Gasteiger partial charge in [-0.3, -0.25) is 4.98 Å². The average molecular weight is 865 g/mol. The van der Waals surface area contributed by atoms with E-state index in [9.17, 15) is 49.1 Å². The summed E-state index contributed by atoms with van der Waals surface area (Å²) in [4.78, 5) is 31.3. The number of carboxylic acids is 1. The van der Waals surface area contributed by atoms with Crippen molar-refractivity contribution in [3.8, 4) is 45.4 Å². The first-order valence-electron chi connectivity index (χ1n) is 16.6. The molecule has 0 saturated heterocycles. The van der Waals surface area contributed by atoms with Crippen molar-refractivity contribution in [2.45, 2.75) is 19.3 Å². The smallest absolute Gasteiger partial charge is 0.476 e. The van der Waals surface area contributed by atoms with Crippen LogP contribution in [0.15, 0.2) is 116 Å². The molecule has 308 valence electrons. The Labute approximate surface area is 359 Å². The van der Waals surface area contributed by atoms with Crippen LogP contribution in [0.5, 0.6) is 11.5 Å². The van der Waals surface area contributed by atoms with Crippen molar-refractivity contribution in [1.29, 1.82) is 0 Å². The van der Waals surface area contributed by atoms with Crippen molar-refractivity contribution < 1.29 is 98.0 Å². The molecule has 0 fully saturated rings. The molecule has 0 aliphatic heterocycles. The van der Waals surface area contributed by atoms with Crippen LogP contribution in [0.25, 0.3) is 33.9 Å². The third-order valence-electron chi connectivity index (χ3n) is 7.63. The third-order valence-corrected chi connectivity index (χ3v) is 7.63. The van der Waals surface area contributed by atoms with E-state index in [0.717, 1.165) is 59.0 Å². The maximum absolute atomic E-state index is 14.1. The first-order valence-corrected chi connectivity index (χ1v) is 16.6. The van der Waals surface area contributed by atoms with E-state index < -0.39 is 59.3 Å². The molecule has 12 nitrogen and oxygen atoms in total. The normalized spacial score (nSPS) is 11.2. The third kappa shape index (κ3) is 12.4. The summed E-state index contributed by atoms with van der Waals surface area (Å²) in [6.07, 6.45) is -5.22. The molecule has 0 atom stereocenters. The van der Waals surface area contributed by atoms with Gasteiger partial charge in [0, 0.05) is 29.3 Å². The van der Waals surface area contributed by atoms with Crippen LogP contribution in [0.4, 0.5) is 39.5 Å². The Hall–Kier alpha value is -6.71. The largest absolute Gasteiger partial charge is 1.00 e. The summed E-state index contributed by atoms with van der Waals surface area (Å²) in [5.41, 5.74) is 0.305. The van der Waals surface area contributed by atoms with Crippen molar-refractivity contribution in [3.63, 3.8) is 0 Å². The monoisotopic (exact) mass is 864 g/mol. The summed E-state index contributed by atoms with van der Waals surface area (Å²) >= 11 is 0. The maximum Gasteiger partial charge on any atom is 1.00 e. The standard InChI is InChI=1S/C23H14F4N3O3.C16H8F5N3O3.Na/c24-17-9-16(10-19(11-17)33-23(25,26)27)21-12-20(29-30(21)18-7-4-8-28-13-18)22(31)32-14-15-5-2-1-3-6-15;17-9-1-8(2-12(4-9)27-16(19,20)21)14-5-13(15(25)26)23-24(14)11-3-10(18)6-22-7-11;/h1-3,5-13H,14H2;1-7H,(H,25,26);/q-1;;+1. The summed E-state index contributed by atoms with van der Waals surface area (Å²) < 4.78 is 132. The molecular weight excluding hydrogens is 842 g/mol. The minimum atomic E-state index is -5.05. The first kappa shape index (κ1) is 45.4. The molecule has 0 amide bonds. The Kier molecular flexibility index (Phi) is 14.2. The van der Waals surface area contributed by atoms with Crippen molar-refractivity contribution in [1.82, 2.24) is 29.5 Å². The van der Waals surface area contributed by atoms with Crippen LogP contribution in [0.2, 0.25) is 0 Å². The number of hydrogen-bond acceptors (Lipinski definition) is 9. The Balaban J connectivity index is 0.000000232. The topological polar surface area (TPSA) is 143 Å². The van der Waals surface area contributed by atoms with E-state index in [4.69, 9.17) is 9.84 Å². The van der Waals surface area contributed by atoms with Crippen molar-refractivity contribution in [2.24, 2.45) is 0 Å². The second-order valence-corrected chi connectivity index (χ2v) is 12.0. The summed E-state index contributed by atoms with van der Waals surface area (Å²) in [7, 11) is 0. The van der Waals surface area contributed by atoms with Gasteiger partial charge in [-0.2, -0.15) is 10.2 Å². The molecule has 0 bridgehead atoms. The van der Waals surface area contributed by atoms with Gasteiger partial charge < -0.3 is 29.0 Å². The molecule has 7 aromatic rings. The molecule has 0 aliphatic carbocycles. The number of ether oxygens (including phenoxy) is 3. The number of carbonyl (C=O) groups is 2. The molecule has 22 heteroatoms. The van der Waals surface area contributed by atoms with E-state index in [-0.39, 0.29) is 70.1 Å². The molecule has 0 radical (unpaired) electrons. The minimum absolute atomic E-state index is 0. The average Bonchev–Trinajstić information content (AvgIpc) is 3.83. The summed E-state index contributed by atoms with van der Waals surface area (Å²) in [5.74, 6) is -6.60. The first-order chi connectivity index (χ1) is 28.4. The van der Waals surface area contributed by atoms with Crippen LogP contribution in [-0.4, -0.2) is 59.3 Å². The Morgan fingerprint density at radius 2 is 1.20 bits per heavy atom. The zero-order valence-electron chi connectivity index (χ0n) is 30.8. The maximum atomic E-state index is 14.1. The molecule has 4 aromatic heterocycles. The zero-order chi connectivity index (χ0) is 43.2. The molecule has 7 rings (SSSR count). The number of benzene rings is 3. The van der Waals surface area contributed by atoms with Crippen molar-refractivity contribution in [3.05, 3.63) is 156 Å². The van der Waals surface area contributed by atoms with E-state index in [1.807, 2.05) is 6.07 Å². The summed E-state index contributed by atoms with van der Waals surface area (Å²) in [6, 6.07) is 21.3. The molecule has 3 aromatic carbocycles. The number of aromatic carboxylic acids is 1. The second-order valence-electron chi connectivity index (χ2n) is 12.0. The minimum Gasteiger partial charge on any atom is -0.476 e. The van der Waals surface area contributed by atoms with E-state index in [2.05, 4.69) is 35.7 Å². The van der Waals surface area contributed by atoms with Crippen LogP contribution in [0, 0.1) is 23.5 Å². The number of carboxylic acid groups (broad SMARTS) is 1. The number of carbonyl (C=O) groups excluding carboxylic acids is 1. The number of aromatic nitrogens is 6. The summed E-state index contributed by atoms with van der Waals surface area (Å²) in [5, 5.41) is 17.1. The number of pyridine rings is 2. The van der Waals surface area contributed by atoms with Crippen LogP contribution in [0.3, 0.4) is 0 Å². The van der Waals surface area contributed by atoms with E-state index in [1.54, 1.807) is 24.3 Å².